The number of aromatic hydroxyl groups is 1. The van der Waals surface area contributed by atoms with Gasteiger partial charge in [0, 0.05) is 5.56 Å². The summed E-state index contributed by atoms with van der Waals surface area (Å²) >= 11 is 0. The molecule has 0 aliphatic rings. The number of alkyl halides is 21. The van der Waals surface area contributed by atoms with E-state index >= 15 is 0 Å². The van der Waals surface area contributed by atoms with Gasteiger partial charge in [0.25, 0.3) is 5.60 Å². The third-order valence-electron chi connectivity index (χ3n) is 4.93. The van der Waals surface area contributed by atoms with Crippen LogP contribution >= 0.6 is 0 Å². The molecule has 1 rings (SSSR count). The van der Waals surface area contributed by atoms with Gasteiger partial charge >= 0.3 is 54.1 Å². The number of hydrogen-bond donors (Lipinski definition) is 1. The van der Waals surface area contributed by atoms with Gasteiger partial charge in [-0.15, -0.1) is 0 Å². The van der Waals surface area contributed by atoms with Gasteiger partial charge in [-0.25, -0.2) is 0 Å². The van der Waals surface area contributed by atoms with Crippen molar-refractivity contribution in [2.45, 2.75) is 59.7 Å². The molecule has 1 N–H and O–H groups in total. The average molecular weight is 642 g/mol. The minimum absolute atomic E-state index is 0.00468. The highest BCUT2D eigenvalue weighted by Gasteiger charge is 2.93. The number of ether oxygens (including phenoxy) is 1. The van der Waals surface area contributed by atoms with E-state index in [4.69, 9.17) is 5.11 Å². The van der Waals surface area contributed by atoms with E-state index in [0.29, 0.717) is 0 Å². The molecule has 0 heterocycles. The predicted octanol–water partition coefficient (Wildman–Crippen LogP) is 8.10. The third-order valence-corrected chi connectivity index (χ3v) is 4.93. The first kappa shape index (κ1) is 35.5. The van der Waals surface area contributed by atoms with Crippen LogP contribution in [-0.4, -0.2) is 65.8 Å². The van der Waals surface area contributed by atoms with Crippen LogP contribution in [0.3, 0.4) is 0 Å². The van der Waals surface area contributed by atoms with E-state index in [-0.39, 0.29) is 24.3 Å². The number of halogens is 21. The molecule has 0 amide bonds. The quantitative estimate of drug-likeness (QED) is 0.276. The molecule has 234 valence electrons. The molecule has 0 saturated heterocycles. The normalized spacial score (nSPS) is 15.9. The Labute approximate surface area is 205 Å². The van der Waals surface area contributed by atoms with Crippen molar-refractivity contribution in [3.63, 3.8) is 0 Å². The highest BCUT2D eigenvalue weighted by molar-refractivity contribution is 5.33. The van der Waals surface area contributed by atoms with E-state index in [1.165, 1.54) is 0 Å². The zero-order valence-electron chi connectivity index (χ0n) is 17.8. The Hall–Kier alpha value is -2.49. The fourth-order valence-corrected chi connectivity index (χ4v) is 2.72. The van der Waals surface area contributed by atoms with Crippen LogP contribution in [0.25, 0.3) is 0 Å². The molecule has 0 bridgehead atoms. The molecule has 0 spiro atoms. The molecule has 0 atom stereocenters. The molecule has 1 aromatic carbocycles. The van der Waals surface area contributed by atoms with E-state index in [2.05, 4.69) is 4.74 Å². The van der Waals surface area contributed by atoms with Crippen molar-refractivity contribution in [2.24, 2.45) is 0 Å². The Morgan fingerprint density at radius 1 is 0.450 bits per heavy atom. The second-order valence-electron chi connectivity index (χ2n) is 7.59. The maximum atomic E-state index is 13.9. The van der Waals surface area contributed by atoms with Gasteiger partial charge in [-0.3, -0.25) is 0 Å². The molecule has 23 heteroatoms. The highest BCUT2D eigenvalue weighted by Crippen LogP contribution is 2.63. The minimum Gasteiger partial charge on any atom is -0.508 e. The summed E-state index contributed by atoms with van der Waals surface area (Å²) in [5.41, 5.74) is -8.61. The van der Waals surface area contributed by atoms with E-state index in [1.54, 1.807) is 0 Å². The average Bonchev–Trinajstić information content (AvgIpc) is 2.71. The summed E-state index contributed by atoms with van der Waals surface area (Å²) in [4.78, 5) is 0. The van der Waals surface area contributed by atoms with Crippen LogP contribution in [0.15, 0.2) is 24.3 Å². The fourth-order valence-electron chi connectivity index (χ4n) is 2.72. The number of rotatable bonds is 9. The first-order chi connectivity index (χ1) is 17.2. The van der Waals surface area contributed by atoms with Gasteiger partial charge in [-0.2, -0.15) is 92.2 Å². The molecule has 0 radical (unpaired) electrons. The van der Waals surface area contributed by atoms with Crippen LogP contribution in [-0.2, 0) is 10.3 Å². The van der Waals surface area contributed by atoms with E-state index in [1.807, 2.05) is 0 Å². The molecular weight excluding hydrogens is 635 g/mol. The lowest BCUT2D eigenvalue weighted by atomic mass is 9.90. The van der Waals surface area contributed by atoms with Crippen LogP contribution in [0.2, 0.25) is 0 Å². The highest BCUT2D eigenvalue weighted by atomic mass is 19.4. The molecule has 40 heavy (non-hydrogen) atoms. The van der Waals surface area contributed by atoms with Gasteiger partial charge in [-0.1, -0.05) is 12.1 Å². The second kappa shape index (κ2) is 9.53. The van der Waals surface area contributed by atoms with Gasteiger partial charge in [0.05, 0.1) is 0 Å². The zero-order chi connectivity index (χ0) is 32.4. The zero-order valence-corrected chi connectivity index (χ0v) is 17.8. The number of benzene rings is 1. The van der Waals surface area contributed by atoms with Crippen molar-refractivity contribution >= 4 is 0 Å². The Morgan fingerprint density at radius 3 is 1.10 bits per heavy atom. The Bertz CT molecular complexity index is 1020. The monoisotopic (exact) mass is 642 g/mol. The van der Waals surface area contributed by atoms with Crippen LogP contribution in [0, 0.1) is 0 Å². The lowest BCUT2D eigenvalue weighted by Crippen LogP contribution is -2.73. The van der Waals surface area contributed by atoms with Gasteiger partial charge in [0.15, 0.2) is 0 Å². The SMILES string of the molecule is Oc1ccc(C(OCC(F)(F)C(F)(F)C(F)(F)C(F)(F)C(F)(F)C(F)(F)C(F)(F)F)(C(F)(F)F)C(F)(F)F)cc1. The molecule has 1 aromatic rings. The summed E-state index contributed by atoms with van der Waals surface area (Å²) in [7, 11) is 0. The van der Waals surface area contributed by atoms with Crippen molar-refractivity contribution in [1.82, 2.24) is 0 Å². The molecule has 2 nitrogen and oxygen atoms in total. The summed E-state index contributed by atoms with van der Waals surface area (Å²) in [6, 6.07) is -0.769. The molecule has 0 unspecified atom stereocenters. The van der Waals surface area contributed by atoms with E-state index in [0.717, 1.165) is 0 Å². The van der Waals surface area contributed by atoms with Crippen molar-refractivity contribution < 1.29 is 102 Å². The van der Waals surface area contributed by atoms with Crippen molar-refractivity contribution in [1.29, 1.82) is 0 Å². The first-order valence-electron chi connectivity index (χ1n) is 9.11. The van der Waals surface area contributed by atoms with Gasteiger partial charge in [-0.05, 0) is 12.1 Å². The van der Waals surface area contributed by atoms with Gasteiger partial charge < -0.3 is 9.84 Å². The van der Waals surface area contributed by atoms with Crippen molar-refractivity contribution in [3.05, 3.63) is 29.8 Å². The topological polar surface area (TPSA) is 29.5 Å². The van der Waals surface area contributed by atoms with Crippen LogP contribution in [0.1, 0.15) is 5.56 Å². The second-order valence-corrected chi connectivity index (χ2v) is 7.59. The largest absolute Gasteiger partial charge is 0.508 e. The molecule has 0 aliphatic carbocycles. The Balaban J connectivity index is 3.73. The van der Waals surface area contributed by atoms with Gasteiger partial charge in [0.2, 0.25) is 0 Å². The van der Waals surface area contributed by atoms with Crippen LogP contribution < -0.4 is 0 Å². The van der Waals surface area contributed by atoms with Crippen molar-refractivity contribution in [2.75, 3.05) is 6.61 Å². The number of hydrogen-bond acceptors (Lipinski definition) is 2. The standard InChI is InChI=1S/C17H7F21O2/c18-8(19,5-40-9(15(30,31)32,16(33,34)35)6-1-3-7(39)4-2-6)10(20,21)11(22,23)12(24,25)13(26,27)14(28,29)17(36,37)38/h1-4,39H,5H2. The molecule has 0 aromatic heterocycles. The Morgan fingerprint density at radius 2 is 0.775 bits per heavy atom. The predicted molar refractivity (Wildman–Crippen MR) is 83.6 cm³/mol. The lowest BCUT2D eigenvalue weighted by molar-refractivity contribution is -0.457. The molecule has 0 fully saturated rings. The summed E-state index contributed by atoms with van der Waals surface area (Å²) in [5, 5.41) is 8.97. The van der Waals surface area contributed by atoms with Crippen LogP contribution in [0.5, 0.6) is 5.75 Å². The van der Waals surface area contributed by atoms with E-state index < -0.39 is 77.6 Å². The molecule has 0 saturated carbocycles. The Kier molecular flexibility index (Phi) is 8.47. The van der Waals surface area contributed by atoms with E-state index in [9.17, 15) is 92.2 Å². The summed E-state index contributed by atoms with van der Waals surface area (Å²) in [5.74, 6) is -51.7. The fraction of sp³-hybridized carbons (Fsp3) is 0.647. The minimum atomic E-state index is -8.81. The summed E-state index contributed by atoms with van der Waals surface area (Å²) in [6.45, 7) is -4.37. The van der Waals surface area contributed by atoms with Crippen LogP contribution in [0.4, 0.5) is 92.2 Å². The molecule has 0 aliphatic heterocycles. The van der Waals surface area contributed by atoms with Gasteiger partial charge in [0.1, 0.15) is 12.4 Å². The third kappa shape index (κ3) is 4.94. The van der Waals surface area contributed by atoms with Crippen molar-refractivity contribution in [3.8, 4) is 5.75 Å². The smallest absolute Gasteiger partial charge is 0.460 e. The molecular formula is C17H7F21O2. The summed E-state index contributed by atoms with van der Waals surface area (Å²) < 4.78 is 281. The number of phenolic OH excluding ortho intramolecular Hbond substituents is 1. The number of phenols is 1. The first-order valence-corrected chi connectivity index (χ1v) is 9.11. The maximum absolute atomic E-state index is 13.9. The summed E-state index contributed by atoms with van der Waals surface area (Å²) in [6.07, 6.45) is -22.1. The maximum Gasteiger partial charge on any atom is 0.460 e. The lowest BCUT2D eigenvalue weighted by Gasteiger charge is -2.42.